The highest BCUT2D eigenvalue weighted by molar-refractivity contribution is 8.14. The van der Waals surface area contributed by atoms with Crippen molar-refractivity contribution in [3.8, 4) is 0 Å². The molecule has 0 spiro atoms. The molecule has 1 unspecified atom stereocenters. The van der Waals surface area contributed by atoms with Crippen LogP contribution in [0.3, 0.4) is 0 Å². The van der Waals surface area contributed by atoms with Crippen LogP contribution in [-0.2, 0) is 19.2 Å². The molecule has 1 atom stereocenters. The maximum absolute atomic E-state index is 11.9. The van der Waals surface area contributed by atoms with Crippen molar-refractivity contribution < 1.29 is 24.0 Å². The summed E-state index contributed by atoms with van der Waals surface area (Å²) in [7, 11) is 0. The van der Waals surface area contributed by atoms with Crippen LogP contribution in [0.5, 0.6) is 0 Å². The van der Waals surface area contributed by atoms with Gasteiger partial charge in [-0.05, 0) is 31.2 Å². The Kier molecular flexibility index (Phi) is 6.23. The van der Waals surface area contributed by atoms with Crippen molar-refractivity contribution in [1.82, 2.24) is 10.6 Å². The third-order valence-electron chi connectivity index (χ3n) is 3.21. The smallest absolute Gasteiger partial charge is 0.280 e. The van der Waals surface area contributed by atoms with Crippen LogP contribution in [0.25, 0.3) is 0 Å². The molecule has 0 aliphatic carbocycles. The minimum absolute atomic E-state index is 0.0105. The van der Waals surface area contributed by atoms with Gasteiger partial charge in [-0.2, -0.15) is 4.99 Å². The summed E-state index contributed by atoms with van der Waals surface area (Å²) >= 11 is 0.880. The van der Waals surface area contributed by atoms with Gasteiger partial charge in [0.15, 0.2) is 17.0 Å². The number of anilines is 1. The van der Waals surface area contributed by atoms with Crippen LogP contribution in [0.2, 0.25) is 0 Å². The van der Waals surface area contributed by atoms with Gasteiger partial charge >= 0.3 is 0 Å². The SMILES string of the molecule is CC(=O)NC1C(=O)N=C(SCC(=O)Nc2ccc(C(C)=O)cc2)NC1=O. The molecule has 2 rings (SSSR count). The number of carbonyl (C=O) groups is 5. The quantitative estimate of drug-likeness (QED) is 0.492. The number of nitrogens with one attached hydrogen (secondary N) is 3. The molecule has 3 N–H and O–H groups in total. The summed E-state index contributed by atoms with van der Waals surface area (Å²) in [6, 6.07) is 5.03. The highest BCUT2D eigenvalue weighted by Gasteiger charge is 2.32. The fraction of sp³-hybridized carbons (Fsp3) is 0.250. The Morgan fingerprint density at radius 2 is 1.81 bits per heavy atom. The van der Waals surface area contributed by atoms with Crippen LogP contribution < -0.4 is 16.0 Å². The first-order valence-corrected chi connectivity index (χ1v) is 8.49. The van der Waals surface area contributed by atoms with E-state index in [0.29, 0.717) is 11.3 Å². The monoisotopic (exact) mass is 376 g/mol. The average Bonchev–Trinajstić information content (AvgIpc) is 2.56. The first kappa shape index (κ1) is 19.3. The topological polar surface area (TPSA) is 134 Å². The van der Waals surface area contributed by atoms with Crippen LogP contribution in [0.4, 0.5) is 5.69 Å². The van der Waals surface area contributed by atoms with E-state index >= 15 is 0 Å². The van der Waals surface area contributed by atoms with E-state index < -0.39 is 23.8 Å². The van der Waals surface area contributed by atoms with E-state index in [4.69, 9.17) is 0 Å². The van der Waals surface area contributed by atoms with Crippen LogP contribution in [0, 0.1) is 0 Å². The van der Waals surface area contributed by atoms with Crippen molar-refractivity contribution >= 4 is 52.0 Å². The van der Waals surface area contributed by atoms with E-state index in [1.54, 1.807) is 24.3 Å². The third kappa shape index (κ3) is 5.24. The summed E-state index contributed by atoms with van der Waals surface area (Å²) in [4.78, 5) is 61.3. The molecule has 1 aromatic rings. The predicted octanol–water partition coefficient (Wildman–Crippen LogP) is 0.0780. The molecule has 0 aromatic heterocycles. The highest BCUT2D eigenvalue weighted by Crippen LogP contribution is 2.12. The van der Waals surface area contributed by atoms with Gasteiger partial charge in [0.05, 0.1) is 5.75 Å². The zero-order valence-electron chi connectivity index (χ0n) is 14.0. The molecular formula is C16H16N4O5S. The molecule has 1 aromatic carbocycles. The molecule has 1 aliphatic rings. The molecule has 1 heterocycles. The van der Waals surface area contributed by atoms with Crippen LogP contribution in [0.15, 0.2) is 29.3 Å². The number of hydrogen-bond donors (Lipinski definition) is 3. The van der Waals surface area contributed by atoms with E-state index in [2.05, 4.69) is 20.9 Å². The minimum Gasteiger partial charge on any atom is -0.337 e. The van der Waals surface area contributed by atoms with Crippen molar-refractivity contribution in [3.05, 3.63) is 29.8 Å². The van der Waals surface area contributed by atoms with Gasteiger partial charge in [0.1, 0.15) is 0 Å². The van der Waals surface area contributed by atoms with Crippen molar-refractivity contribution in [3.63, 3.8) is 0 Å². The summed E-state index contributed by atoms with van der Waals surface area (Å²) < 4.78 is 0. The Hall–Kier alpha value is -3.01. The summed E-state index contributed by atoms with van der Waals surface area (Å²) in [5.41, 5.74) is 1.04. The number of amides is 4. The van der Waals surface area contributed by atoms with Crippen LogP contribution in [0.1, 0.15) is 24.2 Å². The first-order valence-electron chi connectivity index (χ1n) is 7.50. The molecule has 136 valence electrons. The van der Waals surface area contributed by atoms with Crippen molar-refractivity contribution in [2.45, 2.75) is 19.9 Å². The maximum Gasteiger partial charge on any atom is 0.280 e. The molecular weight excluding hydrogens is 360 g/mol. The largest absolute Gasteiger partial charge is 0.337 e. The molecule has 10 heteroatoms. The zero-order valence-corrected chi connectivity index (χ0v) is 14.8. The molecule has 0 saturated heterocycles. The second kappa shape index (κ2) is 8.39. The molecule has 0 saturated carbocycles. The number of nitrogens with zero attached hydrogens (tertiary/aromatic N) is 1. The molecule has 0 bridgehead atoms. The number of amidine groups is 1. The normalized spacial score (nSPS) is 16.4. The number of thioether (sulfide) groups is 1. The van der Waals surface area contributed by atoms with Crippen molar-refractivity contribution in [2.75, 3.05) is 11.1 Å². The molecule has 4 amide bonds. The van der Waals surface area contributed by atoms with Crippen LogP contribution >= 0.6 is 11.8 Å². The highest BCUT2D eigenvalue weighted by atomic mass is 32.2. The maximum atomic E-state index is 11.9. The standard InChI is InChI=1S/C16H16N4O5S/c1-8(21)10-3-5-11(6-4-10)18-12(23)7-26-16-19-14(24)13(15(25)20-16)17-9(2)22/h3-6,13H,7H2,1-2H3,(H,17,22)(H,18,23)(H,19,20,24,25). The molecule has 26 heavy (non-hydrogen) atoms. The molecule has 0 radical (unpaired) electrons. The third-order valence-corrected chi connectivity index (χ3v) is 4.09. The Morgan fingerprint density at radius 3 is 2.35 bits per heavy atom. The Balaban J connectivity index is 1.89. The summed E-state index contributed by atoms with van der Waals surface area (Å²) in [6.45, 7) is 2.63. The second-order valence-corrected chi connectivity index (χ2v) is 6.31. The van der Waals surface area contributed by atoms with Gasteiger partial charge in [-0.25, -0.2) is 0 Å². The second-order valence-electron chi connectivity index (χ2n) is 5.35. The fourth-order valence-electron chi connectivity index (χ4n) is 2.00. The van der Waals surface area contributed by atoms with Gasteiger partial charge in [0, 0.05) is 18.2 Å². The Bertz CT molecular complexity index is 803. The minimum atomic E-state index is -1.36. The number of rotatable bonds is 5. The number of benzene rings is 1. The molecule has 9 nitrogen and oxygen atoms in total. The summed E-state index contributed by atoms with van der Waals surface area (Å²) in [5.74, 6) is -2.58. The van der Waals surface area contributed by atoms with Gasteiger partial charge in [-0.1, -0.05) is 11.8 Å². The van der Waals surface area contributed by atoms with E-state index in [-0.39, 0.29) is 22.6 Å². The predicted molar refractivity (Wildman–Crippen MR) is 95.7 cm³/mol. The molecule has 1 aliphatic heterocycles. The van der Waals surface area contributed by atoms with E-state index in [1.165, 1.54) is 13.8 Å². The Morgan fingerprint density at radius 1 is 1.15 bits per heavy atom. The Labute approximate surface area is 153 Å². The number of ketones is 1. The summed E-state index contributed by atoms with van der Waals surface area (Å²) in [5, 5.41) is 7.17. The first-order chi connectivity index (χ1) is 12.3. The number of aliphatic imine (C=N–C) groups is 1. The number of carbonyl (C=O) groups excluding carboxylic acids is 5. The van der Waals surface area contributed by atoms with Gasteiger partial charge in [0.2, 0.25) is 11.8 Å². The van der Waals surface area contributed by atoms with E-state index in [0.717, 1.165) is 11.8 Å². The zero-order chi connectivity index (χ0) is 19.3. The van der Waals surface area contributed by atoms with Gasteiger partial charge in [-0.15, -0.1) is 0 Å². The summed E-state index contributed by atoms with van der Waals surface area (Å²) in [6.07, 6.45) is 0. The lowest BCUT2D eigenvalue weighted by atomic mass is 10.1. The lowest BCUT2D eigenvalue weighted by molar-refractivity contribution is -0.134. The number of hydrogen-bond acceptors (Lipinski definition) is 6. The number of Topliss-reactive ketones (excluding diaryl/α,β-unsaturated/α-hetero) is 1. The van der Waals surface area contributed by atoms with Crippen molar-refractivity contribution in [1.29, 1.82) is 0 Å². The lowest BCUT2D eigenvalue weighted by Crippen LogP contribution is -2.54. The van der Waals surface area contributed by atoms with Gasteiger partial charge in [0.25, 0.3) is 11.8 Å². The fourth-order valence-corrected chi connectivity index (χ4v) is 2.67. The van der Waals surface area contributed by atoms with E-state index in [9.17, 15) is 24.0 Å². The van der Waals surface area contributed by atoms with Crippen LogP contribution in [-0.4, -0.2) is 46.4 Å². The van der Waals surface area contributed by atoms with E-state index in [1.807, 2.05) is 0 Å². The van der Waals surface area contributed by atoms with Gasteiger partial charge < -0.3 is 16.0 Å². The van der Waals surface area contributed by atoms with Gasteiger partial charge in [-0.3, -0.25) is 24.0 Å². The average molecular weight is 376 g/mol. The lowest BCUT2D eigenvalue weighted by Gasteiger charge is -2.19. The molecule has 0 fully saturated rings. The van der Waals surface area contributed by atoms with Crippen molar-refractivity contribution in [2.24, 2.45) is 4.99 Å².